The maximum absolute atomic E-state index is 8.87. The van der Waals surface area contributed by atoms with Gasteiger partial charge in [-0.15, -0.1) is 0 Å². The molecule has 1 aromatic rings. The first-order chi connectivity index (χ1) is 8.15. The zero-order valence-corrected chi connectivity index (χ0v) is 11.0. The lowest BCUT2D eigenvalue weighted by Gasteiger charge is -2.07. The zero-order valence-electron chi connectivity index (χ0n) is 10.2. The fraction of sp³-hybridized carbons (Fsp3) is 0.636. The Balaban J connectivity index is 2.21. The molecule has 0 atom stereocenters. The largest absolute Gasteiger partial charge is 0.382 e. The summed E-state index contributed by atoms with van der Waals surface area (Å²) in [4.78, 5) is 0. The van der Waals surface area contributed by atoms with Crippen LogP contribution >= 0.6 is 11.5 Å². The summed E-state index contributed by atoms with van der Waals surface area (Å²) in [6.07, 6.45) is 2.28. The minimum Gasteiger partial charge on any atom is -0.382 e. The molecule has 0 unspecified atom stereocenters. The molecule has 0 aliphatic carbocycles. The second-order valence-electron chi connectivity index (χ2n) is 3.94. The number of hydrogen-bond donors (Lipinski definition) is 2. The molecule has 5 nitrogen and oxygen atoms in total. The summed E-state index contributed by atoms with van der Waals surface area (Å²) >= 11 is 1.23. The number of unbranched alkanes of at least 4 members (excludes halogenated alkanes) is 1. The molecular weight excluding hydrogens is 236 g/mol. The number of rotatable bonds is 7. The Morgan fingerprint density at radius 2 is 2.29 bits per heavy atom. The summed E-state index contributed by atoms with van der Waals surface area (Å²) in [5, 5.41) is 12.8. The fourth-order valence-corrected chi connectivity index (χ4v) is 1.97. The molecule has 0 fully saturated rings. The van der Waals surface area contributed by atoms with Gasteiger partial charge < -0.3 is 15.8 Å². The Labute approximate surface area is 106 Å². The SMILES string of the molecule is CC(C)OCCCCNc1snc(N)c1C#N. The monoisotopic (exact) mass is 254 g/mol. The first-order valence-electron chi connectivity index (χ1n) is 5.66. The molecule has 94 valence electrons. The Hall–Kier alpha value is -1.32. The minimum atomic E-state index is 0.287. The average molecular weight is 254 g/mol. The van der Waals surface area contributed by atoms with Gasteiger partial charge in [0.1, 0.15) is 16.6 Å². The third kappa shape index (κ3) is 4.59. The van der Waals surface area contributed by atoms with E-state index >= 15 is 0 Å². The smallest absolute Gasteiger partial charge is 0.157 e. The molecule has 6 heteroatoms. The second kappa shape index (κ2) is 7.09. The highest BCUT2D eigenvalue weighted by Gasteiger charge is 2.09. The van der Waals surface area contributed by atoms with Crippen LogP contribution in [-0.4, -0.2) is 23.6 Å². The van der Waals surface area contributed by atoms with E-state index in [0.29, 0.717) is 11.4 Å². The van der Waals surface area contributed by atoms with Crippen molar-refractivity contribution in [2.75, 3.05) is 24.2 Å². The number of nitriles is 1. The molecule has 0 aliphatic heterocycles. The van der Waals surface area contributed by atoms with Crippen LogP contribution in [0.5, 0.6) is 0 Å². The summed E-state index contributed by atoms with van der Waals surface area (Å²) in [5.74, 6) is 0.308. The molecular formula is C11H18N4OS. The number of ether oxygens (including phenoxy) is 1. The molecule has 1 aromatic heterocycles. The summed E-state index contributed by atoms with van der Waals surface area (Å²) in [5.41, 5.74) is 6.01. The maximum atomic E-state index is 8.87. The average Bonchev–Trinajstić information content (AvgIpc) is 2.63. The van der Waals surface area contributed by atoms with Crippen molar-refractivity contribution < 1.29 is 4.74 Å². The predicted octanol–water partition coefficient (Wildman–Crippen LogP) is 2.21. The molecule has 0 saturated carbocycles. The van der Waals surface area contributed by atoms with Crippen LogP contribution in [0, 0.1) is 11.3 Å². The van der Waals surface area contributed by atoms with Crippen LogP contribution in [-0.2, 0) is 4.74 Å². The summed E-state index contributed by atoms with van der Waals surface area (Å²) in [7, 11) is 0. The van der Waals surface area contributed by atoms with Gasteiger partial charge in [0.15, 0.2) is 5.82 Å². The van der Waals surface area contributed by atoms with Gasteiger partial charge in [-0.3, -0.25) is 0 Å². The van der Waals surface area contributed by atoms with Crippen molar-refractivity contribution in [3.8, 4) is 6.07 Å². The summed E-state index contributed by atoms with van der Waals surface area (Å²) in [6, 6.07) is 2.05. The number of nitrogen functional groups attached to an aromatic ring is 1. The van der Waals surface area contributed by atoms with E-state index in [1.54, 1.807) is 0 Å². The normalized spacial score (nSPS) is 10.5. The van der Waals surface area contributed by atoms with E-state index in [9.17, 15) is 0 Å². The number of nitrogens with two attached hydrogens (primary N) is 1. The number of nitrogens with zero attached hydrogens (tertiary/aromatic N) is 2. The molecule has 0 aromatic carbocycles. The van der Waals surface area contributed by atoms with Gasteiger partial charge in [0, 0.05) is 13.2 Å². The van der Waals surface area contributed by atoms with Crippen LogP contribution in [0.2, 0.25) is 0 Å². The van der Waals surface area contributed by atoms with Gasteiger partial charge in [-0.1, -0.05) is 0 Å². The third-order valence-corrected chi connectivity index (χ3v) is 2.96. The standard InChI is InChI=1S/C11H18N4OS/c1-8(2)16-6-4-3-5-14-11-9(7-12)10(13)15-17-11/h8,14H,3-6H2,1-2H3,(H2,13,15). The summed E-state index contributed by atoms with van der Waals surface area (Å²) in [6.45, 7) is 5.63. The van der Waals surface area contributed by atoms with Crippen LogP contribution in [0.1, 0.15) is 32.3 Å². The van der Waals surface area contributed by atoms with Gasteiger partial charge in [0.2, 0.25) is 0 Å². The van der Waals surface area contributed by atoms with Crippen molar-refractivity contribution in [3.63, 3.8) is 0 Å². The fourth-order valence-electron chi connectivity index (χ4n) is 1.28. The van der Waals surface area contributed by atoms with Gasteiger partial charge in [0.05, 0.1) is 6.10 Å². The lowest BCUT2D eigenvalue weighted by atomic mass is 10.3. The Bertz CT molecular complexity index is 383. The Kier molecular flexibility index (Phi) is 5.73. The topological polar surface area (TPSA) is 84.0 Å². The van der Waals surface area contributed by atoms with Crippen molar-refractivity contribution in [1.29, 1.82) is 5.26 Å². The molecule has 0 aliphatic rings. The number of anilines is 2. The van der Waals surface area contributed by atoms with Gasteiger partial charge in [0.25, 0.3) is 0 Å². The molecule has 0 bridgehead atoms. The van der Waals surface area contributed by atoms with Crippen molar-refractivity contribution in [2.45, 2.75) is 32.8 Å². The van der Waals surface area contributed by atoms with Crippen molar-refractivity contribution in [2.24, 2.45) is 0 Å². The minimum absolute atomic E-state index is 0.287. The zero-order chi connectivity index (χ0) is 12.7. The van der Waals surface area contributed by atoms with E-state index in [4.69, 9.17) is 15.7 Å². The van der Waals surface area contributed by atoms with Gasteiger partial charge in [-0.05, 0) is 38.2 Å². The highest BCUT2D eigenvalue weighted by atomic mass is 32.1. The Morgan fingerprint density at radius 3 is 2.94 bits per heavy atom. The van der Waals surface area contributed by atoms with Gasteiger partial charge in [-0.25, -0.2) is 0 Å². The molecule has 1 heterocycles. The highest BCUT2D eigenvalue weighted by Crippen LogP contribution is 2.25. The van der Waals surface area contributed by atoms with Gasteiger partial charge in [-0.2, -0.15) is 9.64 Å². The molecule has 0 radical (unpaired) electrons. The molecule has 1 rings (SSSR count). The number of aromatic nitrogens is 1. The van der Waals surface area contributed by atoms with E-state index in [1.165, 1.54) is 11.5 Å². The molecule has 0 spiro atoms. The second-order valence-corrected chi connectivity index (χ2v) is 4.71. The Morgan fingerprint density at radius 1 is 1.53 bits per heavy atom. The molecule has 17 heavy (non-hydrogen) atoms. The van der Waals surface area contributed by atoms with Crippen molar-refractivity contribution >= 4 is 22.4 Å². The van der Waals surface area contributed by atoms with E-state index in [0.717, 1.165) is 31.0 Å². The first-order valence-corrected chi connectivity index (χ1v) is 6.43. The van der Waals surface area contributed by atoms with Crippen LogP contribution in [0.15, 0.2) is 0 Å². The van der Waals surface area contributed by atoms with E-state index in [2.05, 4.69) is 9.69 Å². The first kappa shape index (κ1) is 13.7. The lowest BCUT2D eigenvalue weighted by Crippen LogP contribution is -2.07. The lowest BCUT2D eigenvalue weighted by molar-refractivity contribution is 0.0765. The number of nitrogens with one attached hydrogen (secondary N) is 1. The van der Waals surface area contributed by atoms with E-state index in [-0.39, 0.29) is 6.10 Å². The van der Waals surface area contributed by atoms with Crippen LogP contribution in [0.25, 0.3) is 0 Å². The van der Waals surface area contributed by atoms with Crippen LogP contribution < -0.4 is 11.1 Å². The van der Waals surface area contributed by atoms with E-state index < -0.39 is 0 Å². The molecule has 0 saturated heterocycles. The van der Waals surface area contributed by atoms with Crippen LogP contribution in [0.4, 0.5) is 10.8 Å². The predicted molar refractivity (Wildman–Crippen MR) is 70.1 cm³/mol. The van der Waals surface area contributed by atoms with Gasteiger partial charge >= 0.3 is 0 Å². The van der Waals surface area contributed by atoms with Crippen molar-refractivity contribution in [1.82, 2.24) is 4.37 Å². The van der Waals surface area contributed by atoms with E-state index in [1.807, 2.05) is 19.9 Å². The summed E-state index contributed by atoms with van der Waals surface area (Å²) < 4.78 is 9.37. The molecule has 3 N–H and O–H groups in total. The number of hydrogen-bond acceptors (Lipinski definition) is 6. The molecule has 0 amide bonds. The third-order valence-electron chi connectivity index (χ3n) is 2.14. The maximum Gasteiger partial charge on any atom is 0.157 e. The highest BCUT2D eigenvalue weighted by molar-refractivity contribution is 7.10. The van der Waals surface area contributed by atoms with Crippen molar-refractivity contribution in [3.05, 3.63) is 5.56 Å². The van der Waals surface area contributed by atoms with Crippen LogP contribution in [0.3, 0.4) is 0 Å². The quantitative estimate of drug-likeness (QED) is 0.729.